The molecule has 0 saturated carbocycles. The Morgan fingerprint density at radius 2 is 1.57 bits per heavy atom. The Morgan fingerprint density at radius 3 is 1.79 bits per heavy atom. The van der Waals surface area contributed by atoms with Crippen LogP contribution in [0.25, 0.3) is 0 Å². The van der Waals surface area contributed by atoms with Crippen LogP contribution >= 0.6 is 0 Å². The van der Waals surface area contributed by atoms with E-state index in [2.05, 4.69) is 32.6 Å². The van der Waals surface area contributed by atoms with Crippen molar-refractivity contribution in [3.63, 3.8) is 0 Å². The van der Waals surface area contributed by atoms with E-state index in [1.807, 2.05) is 0 Å². The predicted octanol–water partition coefficient (Wildman–Crippen LogP) is 2.16. The highest BCUT2D eigenvalue weighted by Gasteiger charge is 2.34. The molecule has 0 aromatic rings. The van der Waals surface area contributed by atoms with Crippen LogP contribution in [0.3, 0.4) is 0 Å². The van der Waals surface area contributed by atoms with Crippen molar-refractivity contribution >= 4 is 0 Å². The fourth-order valence-corrected chi connectivity index (χ4v) is 1.47. The van der Waals surface area contributed by atoms with E-state index in [1.165, 1.54) is 0 Å². The van der Waals surface area contributed by atoms with Crippen LogP contribution in [0.1, 0.15) is 41.5 Å². The first-order valence-corrected chi connectivity index (χ1v) is 5.08. The Kier molecular flexibility index (Phi) is 4.52. The van der Waals surface area contributed by atoms with Crippen molar-refractivity contribution < 1.29 is 4.92 Å². The average molecular weight is 202 g/mol. The van der Waals surface area contributed by atoms with Crippen LogP contribution in [0.15, 0.2) is 0 Å². The monoisotopic (exact) mass is 202 g/mol. The molecule has 4 nitrogen and oxygen atoms in total. The van der Waals surface area contributed by atoms with Crippen molar-refractivity contribution in [2.45, 2.75) is 59.2 Å². The highest BCUT2D eigenvalue weighted by molar-refractivity contribution is 4.77. The van der Waals surface area contributed by atoms with Crippen LogP contribution in [-0.2, 0) is 0 Å². The molecule has 0 fully saturated rings. The van der Waals surface area contributed by atoms with Crippen LogP contribution in [0.2, 0.25) is 0 Å². The molecule has 0 aliphatic rings. The van der Waals surface area contributed by atoms with Gasteiger partial charge in [0.25, 0.3) is 0 Å². The molecule has 0 spiro atoms. The number of rotatable bonds is 5. The van der Waals surface area contributed by atoms with Gasteiger partial charge in [-0.2, -0.15) is 0 Å². The first-order valence-electron chi connectivity index (χ1n) is 5.08. The number of hydrogen-bond donors (Lipinski definition) is 0. The number of nitro groups is 1. The molecular formula is C10H22N2O2. The molecule has 0 aromatic heterocycles. The van der Waals surface area contributed by atoms with E-state index in [9.17, 15) is 10.1 Å². The molecule has 0 aromatic carbocycles. The molecule has 0 radical (unpaired) electrons. The molecule has 0 heterocycles. The van der Waals surface area contributed by atoms with Gasteiger partial charge in [-0.05, 0) is 27.7 Å². The third-order valence-electron chi connectivity index (χ3n) is 2.39. The lowest BCUT2D eigenvalue weighted by Gasteiger charge is -2.33. The Labute approximate surface area is 86.4 Å². The van der Waals surface area contributed by atoms with Crippen molar-refractivity contribution in [2.75, 3.05) is 6.54 Å². The zero-order chi connectivity index (χ0) is 11.5. The van der Waals surface area contributed by atoms with Gasteiger partial charge in [0, 0.05) is 30.9 Å². The lowest BCUT2D eigenvalue weighted by atomic mass is 10.0. The lowest BCUT2D eigenvalue weighted by Crippen LogP contribution is -2.49. The highest BCUT2D eigenvalue weighted by atomic mass is 16.6. The van der Waals surface area contributed by atoms with E-state index in [1.54, 1.807) is 13.8 Å². The Hall–Kier alpha value is -0.640. The maximum absolute atomic E-state index is 10.8. The molecule has 0 aliphatic carbocycles. The van der Waals surface area contributed by atoms with Gasteiger partial charge in [0.05, 0.1) is 6.54 Å². The van der Waals surface area contributed by atoms with Crippen LogP contribution in [0.5, 0.6) is 0 Å². The van der Waals surface area contributed by atoms with Crippen molar-refractivity contribution in [3.8, 4) is 0 Å². The third kappa shape index (κ3) is 3.62. The van der Waals surface area contributed by atoms with E-state index in [0.717, 1.165) is 0 Å². The van der Waals surface area contributed by atoms with Gasteiger partial charge in [-0.15, -0.1) is 0 Å². The van der Waals surface area contributed by atoms with Crippen LogP contribution in [0, 0.1) is 10.1 Å². The number of hydrogen-bond acceptors (Lipinski definition) is 3. The van der Waals surface area contributed by atoms with E-state index in [0.29, 0.717) is 18.6 Å². The molecule has 0 saturated heterocycles. The summed E-state index contributed by atoms with van der Waals surface area (Å²) in [7, 11) is 0. The van der Waals surface area contributed by atoms with Gasteiger partial charge in [-0.1, -0.05) is 0 Å². The molecule has 0 N–H and O–H groups in total. The third-order valence-corrected chi connectivity index (χ3v) is 2.39. The second kappa shape index (κ2) is 4.73. The van der Waals surface area contributed by atoms with Gasteiger partial charge >= 0.3 is 0 Å². The molecule has 0 unspecified atom stereocenters. The molecule has 84 valence electrons. The normalized spacial score (nSPS) is 12.9. The summed E-state index contributed by atoms with van der Waals surface area (Å²) in [6.45, 7) is 12.1. The largest absolute Gasteiger partial charge is 0.292 e. The van der Waals surface area contributed by atoms with Crippen molar-refractivity contribution in [1.82, 2.24) is 4.90 Å². The summed E-state index contributed by atoms with van der Waals surface area (Å²) in [5, 5.41) is 10.8. The van der Waals surface area contributed by atoms with Gasteiger partial charge in [0.15, 0.2) is 0 Å². The van der Waals surface area contributed by atoms with Gasteiger partial charge in [0.1, 0.15) is 0 Å². The van der Waals surface area contributed by atoms with E-state index in [4.69, 9.17) is 0 Å². The first kappa shape index (κ1) is 13.4. The average Bonchev–Trinajstić information content (AvgIpc) is 1.98. The minimum atomic E-state index is -0.867. The van der Waals surface area contributed by atoms with Crippen molar-refractivity contribution in [2.24, 2.45) is 0 Å². The Balaban J connectivity index is 4.52. The zero-order valence-corrected chi connectivity index (χ0v) is 10.1. The second-order valence-electron chi connectivity index (χ2n) is 4.93. The van der Waals surface area contributed by atoms with E-state index >= 15 is 0 Å². The van der Waals surface area contributed by atoms with E-state index < -0.39 is 5.54 Å². The van der Waals surface area contributed by atoms with Crippen molar-refractivity contribution in [3.05, 3.63) is 10.1 Å². The van der Waals surface area contributed by atoms with Crippen LogP contribution in [-0.4, -0.2) is 34.0 Å². The summed E-state index contributed by atoms with van der Waals surface area (Å²) in [5.74, 6) is 0. The second-order valence-corrected chi connectivity index (χ2v) is 4.93. The Morgan fingerprint density at radius 1 is 1.21 bits per heavy atom. The standard InChI is InChI=1S/C10H22N2O2/c1-8(2)11(9(3)4)7-10(5,6)12(13)14/h8-9H,7H2,1-6H3. The molecule has 0 aliphatic heterocycles. The highest BCUT2D eigenvalue weighted by Crippen LogP contribution is 2.14. The zero-order valence-electron chi connectivity index (χ0n) is 10.1. The summed E-state index contributed by atoms with van der Waals surface area (Å²) in [6.07, 6.45) is 0. The van der Waals surface area contributed by atoms with Crippen LogP contribution < -0.4 is 0 Å². The summed E-state index contributed by atoms with van der Waals surface area (Å²) in [5.41, 5.74) is -0.867. The molecule has 14 heavy (non-hydrogen) atoms. The summed E-state index contributed by atoms with van der Waals surface area (Å²) in [4.78, 5) is 12.7. The number of nitrogens with zero attached hydrogens (tertiary/aromatic N) is 2. The van der Waals surface area contributed by atoms with Gasteiger partial charge in [0.2, 0.25) is 5.54 Å². The molecule has 4 heteroatoms. The maximum atomic E-state index is 10.8. The molecule has 0 amide bonds. The molecular weight excluding hydrogens is 180 g/mol. The Bertz CT molecular complexity index is 192. The summed E-state index contributed by atoms with van der Waals surface area (Å²) < 4.78 is 0. The van der Waals surface area contributed by atoms with Crippen LogP contribution in [0.4, 0.5) is 0 Å². The lowest BCUT2D eigenvalue weighted by molar-refractivity contribution is -0.561. The summed E-state index contributed by atoms with van der Waals surface area (Å²) >= 11 is 0. The smallest absolute Gasteiger partial charge is 0.229 e. The maximum Gasteiger partial charge on any atom is 0.229 e. The minimum absolute atomic E-state index is 0.204. The molecule has 0 bridgehead atoms. The van der Waals surface area contributed by atoms with Gasteiger partial charge < -0.3 is 0 Å². The SMILES string of the molecule is CC(C)N(CC(C)(C)[N+](=O)[O-])C(C)C. The topological polar surface area (TPSA) is 46.4 Å². The fourth-order valence-electron chi connectivity index (χ4n) is 1.47. The predicted molar refractivity (Wildman–Crippen MR) is 58.1 cm³/mol. The van der Waals surface area contributed by atoms with Crippen molar-refractivity contribution in [1.29, 1.82) is 0 Å². The first-order chi connectivity index (χ1) is 6.18. The van der Waals surface area contributed by atoms with E-state index in [-0.39, 0.29) is 4.92 Å². The summed E-state index contributed by atoms with van der Waals surface area (Å²) in [6, 6.07) is 0.684. The fraction of sp³-hybridized carbons (Fsp3) is 1.00. The molecule has 0 rings (SSSR count). The van der Waals surface area contributed by atoms with Gasteiger partial charge in [-0.25, -0.2) is 0 Å². The minimum Gasteiger partial charge on any atom is -0.292 e. The van der Waals surface area contributed by atoms with Gasteiger partial charge in [-0.3, -0.25) is 15.0 Å². The molecule has 0 atom stereocenters. The quantitative estimate of drug-likeness (QED) is 0.507.